The number of hydrogen-bond donors (Lipinski definition) is 1. The van der Waals surface area contributed by atoms with E-state index in [-0.39, 0.29) is 5.92 Å². The lowest BCUT2D eigenvalue weighted by Crippen LogP contribution is -2.16. The van der Waals surface area contributed by atoms with Gasteiger partial charge in [-0.3, -0.25) is 0 Å². The lowest BCUT2D eigenvalue weighted by atomic mass is 9.91. The Labute approximate surface area is 149 Å². The van der Waals surface area contributed by atoms with E-state index in [4.69, 9.17) is 24.7 Å². The van der Waals surface area contributed by atoms with Crippen LogP contribution in [0.3, 0.4) is 0 Å². The van der Waals surface area contributed by atoms with Crippen molar-refractivity contribution >= 4 is 0 Å². The lowest BCUT2D eigenvalue weighted by Gasteiger charge is -2.20. The van der Waals surface area contributed by atoms with Gasteiger partial charge in [0.15, 0.2) is 11.5 Å². The van der Waals surface area contributed by atoms with Crippen molar-refractivity contribution in [2.75, 3.05) is 34.5 Å². The van der Waals surface area contributed by atoms with Crippen molar-refractivity contribution in [1.29, 1.82) is 0 Å². The summed E-state index contributed by atoms with van der Waals surface area (Å²) in [5, 5.41) is 0. The topological polar surface area (TPSA) is 62.9 Å². The van der Waals surface area contributed by atoms with Crippen molar-refractivity contribution in [2.45, 2.75) is 19.3 Å². The van der Waals surface area contributed by atoms with Crippen molar-refractivity contribution in [3.8, 4) is 23.0 Å². The van der Waals surface area contributed by atoms with Crippen molar-refractivity contribution in [1.82, 2.24) is 0 Å². The fourth-order valence-corrected chi connectivity index (χ4v) is 2.88. The zero-order chi connectivity index (χ0) is 18.2. The fraction of sp³-hybridized carbons (Fsp3) is 0.400. The first-order valence-electron chi connectivity index (χ1n) is 8.38. The van der Waals surface area contributed by atoms with Crippen LogP contribution in [0.5, 0.6) is 23.0 Å². The third-order valence-corrected chi connectivity index (χ3v) is 4.17. The van der Waals surface area contributed by atoms with E-state index in [1.165, 1.54) is 0 Å². The van der Waals surface area contributed by atoms with Crippen molar-refractivity contribution in [3.05, 3.63) is 47.5 Å². The summed E-state index contributed by atoms with van der Waals surface area (Å²) in [5.74, 6) is 3.16. The molecule has 136 valence electrons. The molecule has 2 N–H and O–H groups in total. The lowest BCUT2D eigenvalue weighted by molar-refractivity contribution is 0.310. The van der Waals surface area contributed by atoms with Gasteiger partial charge in [-0.1, -0.05) is 12.1 Å². The molecule has 0 bridgehead atoms. The maximum absolute atomic E-state index is 6.06. The molecule has 0 aromatic heterocycles. The Morgan fingerprint density at radius 2 is 1.64 bits per heavy atom. The Bertz CT molecular complexity index is 687. The molecule has 5 nitrogen and oxygen atoms in total. The minimum absolute atomic E-state index is 0.128. The molecule has 2 rings (SSSR count). The van der Waals surface area contributed by atoms with Crippen LogP contribution in [0.25, 0.3) is 0 Å². The number of hydrogen-bond acceptors (Lipinski definition) is 5. The van der Waals surface area contributed by atoms with Crippen LogP contribution in [0, 0.1) is 0 Å². The van der Waals surface area contributed by atoms with E-state index >= 15 is 0 Å². The van der Waals surface area contributed by atoms with Gasteiger partial charge >= 0.3 is 0 Å². The quantitative estimate of drug-likeness (QED) is 0.755. The molecular weight excluding hydrogens is 318 g/mol. The first-order chi connectivity index (χ1) is 12.2. The molecule has 2 aromatic rings. The van der Waals surface area contributed by atoms with E-state index in [1.807, 2.05) is 43.3 Å². The largest absolute Gasteiger partial charge is 0.497 e. The van der Waals surface area contributed by atoms with E-state index in [0.29, 0.717) is 13.2 Å². The van der Waals surface area contributed by atoms with E-state index in [2.05, 4.69) is 0 Å². The van der Waals surface area contributed by atoms with Crippen LogP contribution >= 0.6 is 0 Å². The summed E-state index contributed by atoms with van der Waals surface area (Å²) in [6.07, 6.45) is 0.781. The summed E-state index contributed by atoms with van der Waals surface area (Å²) < 4.78 is 21.8. The van der Waals surface area contributed by atoms with Gasteiger partial charge < -0.3 is 24.7 Å². The summed E-state index contributed by atoms with van der Waals surface area (Å²) in [7, 11) is 4.94. The van der Waals surface area contributed by atoms with Gasteiger partial charge in [-0.05, 0) is 49.2 Å². The Balaban J connectivity index is 2.29. The highest BCUT2D eigenvalue weighted by Gasteiger charge is 2.17. The number of rotatable bonds is 9. The minimum Gasteiger partial charge on any atom is -0.497 e. The summed E-state index contributed by atoms with van der Waals surface area (Å²) in [6, 6.07) is 11.8. The summed E-state index contributed by atoms with van der Waals surface area (Å²) in [5.41, 5.74) is 8.26. The molecule has 0 aliphatic carbocycles. The molecule has 2 aromatic carbocycles. The average molecular weight is 345 g/mol. The zero-order valence-electron chi connectivity index (χ0n) is 15.4. The van der Waals surface area contributed by atoms with Gasteiger partial charge in [0.05, 0.1) is 27.9 Å². The maximum atomic E-state index is 6.06. The van der Waals surface area contributed by atoms with Crippen LogP contribution in [-0.4, -0.2) is 34.5 Å². The molecule has 0 spiro atoms. The summed E-state index contributed by atoms with van der Waals surface area (Å²) in [4.78, 5) is 0. The Hall–Kier alpha value is -2.40. The van der Waals surface area contributed by atoms with Gasteiger partial charge in [-0.25, -0.2) is 0 Å². The average Bonchev–Trinajstić information content (AvgIpc) is 2.66. The second-order valence-corrected chi connectivity index (χ2v) is 5.66. The third kappa shape index (κ3) is 4.57. The number of methoxy groups -OCH3 is 3. The molecular formula is C20H27NO4. The van der Waals surface area contributed by atoms with Gasteiger partial charge in [0, 0.05) is 12.0 Å². The van der Waals surface area contributed by atoms with Crippen LogP contribution in [0.4, 0.5) is 0 Å². The maximum Gasteiger partial charge on any atom is 0.161 e. The second kappa shape index (κ2) is 9.18. The molecule has 1 atom stereocenters. The van der Waals surface area contributed by atoms with Crippen LogP contribution in [0.15, 0.2) is 36.4 Å². The third-order valence-electron chi connectivity index (χ3n) is 4.17. The highest BCUT2D eigenvalue weighted by atomic mass is 16.5. The standard InChI is InChI=1S/C20H27NO4/c1-5-25-20-11-14(6-9-18(20)23-3)10-15(13-21)17-8-7-16(22-2)12-19(17)24-4/h6-9,11-12,15H,5,10,13,21H2,1-4H3. The Morgan fingerprint density at radius 1 is 0.880 bits per heavy atom. The molecule has 0 saturated heterocycles. The molecule has 1 unspecified atom stereocenters. The molecule has 5 heteroatoms. The van der Waals surface area contributed by atoms with Gasteiger partial charge in [0.1, 0.15) is 11.5 Å². The zero-order valence-corrected chi connectivity index (χ0v) is 15.4. The molecule has 25 heavy (non-hydrogen) atoms. The van der Waals surface area contributed by atoms with Crippen LogP contribution in [0.2, 0.25) is 0 Å². The van der Waals surface area contributed by atoms with Crippen LogP contribution in [0.1, 0.15) is 24.0 Å². The number of ether oxygens (including phenoxy) is 4. The molecule has 0 aliphatic rings. The predicted molar refractivity (Wildman–Crippen MR) is 99.2 cm³/mol. The highest BCUT2D eigenvalue weighted by molar-refractivity contribution is 5.46. The van der Waals surface area contributed by atoms with E-state index in [0.717, 1.165) is 40.5 Å². The molecule has 0 fully saturated rings. The van der Waals surface area contributed by atoms with E-state index in [1.54, 1.807) is 21.3 Å². The number of nitrogens with two attached hydrogens (primary N) is 1. The molecule has 0 saturated carbocycles. The highest BCUT2D eigenvalue weighted by Crippen LogP contribution is 2.34. The second-order valence-electron chi connectivity index (χ2n) is 5.66. The molecule has 0 amide bonds. The first-order valence-corrected chi connectivity index (χ1v) is 8.38. The predicted octanol–water partition coefficient (Wildman–Crippen LogP) is 3.40. The summed E-state index contributed by atoms with van der Waals surface area (Å²) >= 11 is 0. The molecule has 0 radical (unpaired) electrons. The van der Waals surface area contributed by atoms with Crippen molar-refractivity contribution in [2.24, 2.45) is 5.73 Å². The van der Waals surface area contributed by atoms with Crippen LogP contribution < -0.4 is 24.7 Å². The molecule has 0 aliphatic heterocycles. The SMILES string of the molecule is CCOc1cc(CC(CN)c2ccc(OC)cc2OC)ccc1OC. The van der Waals surface area contributed by atoms with Crippen molar-refractivity contribution in [3.63, 3.8) is 0 Å². The smallest absolute Gasteiger partial charge is 0.161 e. The van der Waals surface area contributed by atoms with Gasteiger partial charge in [-0.15, -0.1) is 0 Å². The van der Waals surface area contributed by atoms with E-state index < -0.39 is 0 Å². The normalized spacial score (nSPS) is 11.7. The van der Waals surface area contributed by atoms with Gasteiger partial charge in [-0.2, -0.15) is 0 Å². The van der Waals surface area contributed by atoms with Gasteiger partial charge in [0.25, 0.3) is 0 Å². The number of benzene rings is 2. The summed E-state index contributed by atoms with van der Waals surface area (Å²) in [6.45, 7) is 3.06. The van der Waals surface area contributed by atoms with E-state index in [9.17, 15) is 0 Å². The monoisotopic (exact) mass is 345 g/mol. The van der Waals surface area contributed by atoms with Gasteiger partial charge in [0.2, 0.25) is 0 Å². The Morgan fingerprint density at radius 3 is 2.24 bits per heavy atom. The fourth-order valence-electron chi connectivity index (χ4n) is 2.88. The minimum atomic E-state index is 0.128. The Kier molecular flexibility index (Phi) is 6.95. The first kappa shape index (κ1) is 18.9. The molecule has 0 heterocycles. The van der Waals surface area contributed by atoms with Crippen molar-refractivity contribution < 1.29 is 18.9 Å². The van der Waals surface area contributed by atoms with Crippen LogP contribution in [-0.2, 0) is 6.42 Å².